The van der Waals surface area contributed by atoms with Gasteiger partial charge < -0.3 is 5.11 Å². The van der Waals surface area contributed by atoms with Gasteiger partial charge in [-0.1, -0.05) is 18.2 Å². The Morgan fingerprint density at radius 1 is 1.17 bits per heavy atom. The molecule has 0 saturated heterocycles. The predicted octanol–water partition coefficient (Wildman–Crippen LogP) is 1.92. The maximum absolute atomic E-state index is 12.5. The van der Waals surface area contributed by atoms with Crippen molar-refractivity contribution >= 4 is 15.8 Å². The van der Waals surface area contributed by atoms with Gasteiger partial charge in [0.1, 0.15) is 0 Å². The van der Waals surface area contributed by atoms with Crippen LogP contribution in [-0.4, -0.2) is 34.3 Å². The quantitative estimate of drug-likeness (QED) is 0.764. The van der Waals surface area contributed by atoms with Crippen LogP contribution in [0, 0.1) is 0 Å². The summed E-state index contributed by atoms with van der Waals surface area (Å²) in [5.74, 6) is -1.65. The van der Waals surface area contributed by atoms with Crippen LogP contribution in [0.1, 0.15) is 16.1 Å². The lowest BCUT2D eigenvalue weighted by atomic mass is 10.1. The van der Waals surface area contributed by atoms with Crippen LogP contribution in [0.2, 0.25) is 0 Å². The van der Waals surface area contributed by atoms with Gasteiger partial charge in [-0.25, -0.2) is 17.9 Å². The van der Waals surface area contributed by atoms with Gasteiger partial charge in [0.15, 0.2) is 15.5 Å². The molecule has 7 nitrogen and oxygen atoms in total. The molecule has 0 radical (unpaired) electrons. The number of aromatic carboxylic acids is 1. The van der Waals surface area contributed by atoms with E-state index in [4.69, 9.17) is 0 Å². The minimum atomic E-state index is -3.61. The smallest absolute Gasteiger partial charge is 0.356 e. The summed E-state index contributed by atoms with van der Waals surface area (Å²) in [6.07, 6.45) is 3.14. The molecule has 8 heteroatoms. The van der Waals surface area contributed by atoms with Crippen molar-refractivity contribution in [1.29, 1.82) is 0 Å². The van der Waals surface area contributed by atoms with Gasteiger partial charge in [0.05, 0.1) is 28.2 Å². The van der Waals surface area contributed by atoms with E-state index in [0.717, 1.165) is 0 Å². The first-order valence-corrected chi connectivity index (χ1v) is 8.72. The summed E-state index contributed by atoms with van der Waals surface area (Å²) >= 11 is 0. The number of carbonyl (C=O) groups is 1. The molecule has 1 aliphatic rings. The highest BCUT2D eigenvalue weighted by molar-refractivity contribution is 7.90. The van der Waals surface area contributed by atoms with Crippen molar-refractivity contribution in [1.82, 2.24) is 14.8 Å². The summed E-state index contributed by atoms with van der Waals surface area (Å²) < 4.78 is 26.5. The summed E-state index contributed by atoms with van der Waals surface area (Å²) in [5, 5.41) is 13.6. The first-order chi connectivity index (χ1) is 11.5. The predicted molar refractivity (Wildman–Crippen MR) is 84.6 cm³/mol. The molecule has 0 unspecified atom stereocenters. The Kier molecular flexibility index (Phi) is 3.04. The largest absolute Gasteiger partial charge is 0.476 e. The van der Waals surface area contributed by atoms with Gasteiger partial charge in [0.2, 0.25) is 0 Å². The fraction of sp³-hybridized carbons (Fsp3) is 0.0625. The van der Waals surface area contributed by atoms with Gasteiger partial charge in [-0.05, 0) is 18.2 Å². The molecule has 0 aliphatic carbocycles. The van der Waals surface area contributed by atoms with Crippen LogP contribution in [0.5, 0.6) is 0 Å². The summed E-state index contributed by atoms with van der Waals surface area (Å²) in [7, 11) is -3.61. The van der Waals surface area contributed by atoms with Crippen LogP contribution in [0.3, 0.4) is 0 Å². The van der Waals surface area contributed by atoms with Gasteiger partial charge in [-0.15, -0.1) is 0 Å². The lowest BCUT2D eigenvalue weighted by molar-refractivity contribution is 0.0689. The second kappa shape index (κ2) is 5.00. The summed E-state index contributed by atoms with van der Waals surface area (Å²) in [5.41, 5.74) is 1.43. The van der Waals surface area contributed by atoms with Crippen molar-refractivity contribution in [2.24, 2.45) is 0 Å². The molecular weight excluding hydrogens is 330 g/mol. The molecule has 1 N–H and O–H groups in total. The highest BCUT2D eigenvalue weighted by Crippen LogP contribution is 2.40. The molecule has 0 saturated carbocycles. The molecule has 0 fully saturated rings. The Balaban J connectivity index is 2.12. The Morgan fingerprint density at radius 3 is 2.67 bits per heavy atom. The van der Waals surface area contributed by atoms with Crippen LogP contribution in [0.4, 0.5) is 0 Å². The zero-order valence-electron chi connectivity index (χ0n) is 12.2. The van der Waals surface area contributed by atoms with Crippen molar-refractivity contribution in [3.8, 4) is 16.9 Å². The molecule has 0 bridgehead atoms. The second-order valence-electron chi connectivity index (χ2n) is 5.36. The summed E-state index contributed by atoms with van der Waals surface area (Å²) in [6.45, 7) is 0. The molecule has 3 aromatic rings. The normalized spacial score (nSPS) is 14.7. The SMILES string of the molecule is O=C(O)c1nn(-c2cccnc2)c2c1CS(=O)(=O)c1ccccc1-2. The maximum atomic E-state index is 12.5. The van der Waals surface area contributed by atoms with Gasteiger partial charge in [0, 0.05) is 17.3 Å². The number of benzene rings is 1. The second-order valence-corrected chi connectivity index (χ2v) is 7.32. The molecule has 0 amide bonds. The van der Waals surface area contributed by atoms with E-state index in [0.29, 0.717) is 16.9 Å². The molecule has 2 aromatic heterocycles. The van der Waals surface area contributed by atoms with E-state index >= 15 is 0 Å². The number of aromatic nitrogens is 3. The van der Waals surface area contributed by atoms with Crippen LogP contribution in [0.15, 0.2) is 53.7 Å². The number of hydrogen-bond acceptors (Lipinski definition) is 5. The zero-order valence-corrected chi connectivity index (χ0v) is 13.1. The Morgan fingerprint density at radius 2 is 1.96 bits per heavy atom. The monoisotopic (exact) mass is 341 g/mol. The van der Waals surface area contributed by atoms with Gasteiger partial charge in [-0.2, -0.15) is 5.10 Å². The molecular formula is C16H11N3O4S. The molecule has 4 rings (SSSR count). The third-order valence-electron chi connectivity index (χ3n) is 3.89. The highest BCUT2D eigenvalue weighted by atomic mass is 32.2. The number of sulfone groups is 1. The molecule has 1 aliphatic heterocycles. The van der Waals surface area contributed by atoms with Crippen LogP contribution in [-0.2, 0) is 15.6 Å². The number of pyridine rings is 1. The van der Waals surface area contributed by atoms with Gasteiger partial charge in [-0.3, -0.25) is 4.98 Å². The molecule has 24 heavy (non-hydrogen) atoms. The third kappa shape index (κ3) is 2.04. The number of carboxylic acids is 1. The minimum absolute atomic E-state index is 0.180. The van der Waals surface area contributed by atoms with Gasteiger partial charge in [0.25, 0.3) is 0 Å². The zero-order chi connectivity index (χ0) is 16.9. The van der Waals surface area contributed by atoms with Gasteiger partial charge >= 0.3 is 5.97 Å². The first kappa shape index (κ1) is 14.6. The van der Waals surface area contributed by atoms with E-state index in [9.17, 15) is 18.3 Å². The average molecular weight is 341 g/mol. The van der Waals surface area contributed by atoms with Crippen molar-refractivity contribution in [2.75, 3.05) is 0 Å². The van der Waals surface area contributed by atoms with Crippen molar-refractivity contribution in [3.63, 3.8) is 0 Å². The molecule has 0 atom stereocenters. The minimum Gasteiger partial charge on any atom is -0.476 e. The van der Waals surface area contributed by atoms with Crippen molar-refractivity contribution in [3.05, 3.63) is 60.0 Å². The lowest BCUT2D eigenvalue weighted by Gasteiger charge is -2.18. The van der Waals surface area contributed by atoms with Crippen LogP contribution in [0.25, 0.3) is 16.9 Å². The number of nitrogens with zero attached hydrogens (tertiary/aromatic N) is 3. The van der Waals surface area contributed by atoms with E-state index in [-0.39, 0.29) is 21.9 Å². The molecule has 120 valence electrons. The molecule has 0 spiro atoms. The Hall–Kier alpha value is -3.00. The maximum Gasteiger partial charge on any atom is 0.356 e. The average Bonchev–Trinajstić information content (AvgIpc) is 2.95. The standard InChI is InChI=1S/C16H11N3O4S/c20-16(21)14-12-9-24(22,23)13-6-2-1-5-11(13)15(12)19(18-14)10-4-3-7-17-8-10/h1-8H,9H2,(H,20,21). The number of fused-ring (bicyclic) bond motifs is 3. The number of carboxylic acid groups (broad SMARTS) is 1. The van der Waals surface area contributed by atoms with E-state index in [1.165, 1.54) is 10.7 Å². The fourth-order valence-electron chi connectivity index (χ4n) is 2.90. The lowest BCUT2D eigenvalue weighted by Crippen LogP contribution is -2.15. The number of hydrogen-bond donors (Lipinski definition) is 1. The Labute approximate surface area is 137 Å². The molecule has 3 heterocycles. The van der Waals surface area contributed by atoms with E-state index in [2.05, 4.69) is 10.1 Å². The van der Waals surface area contributed by atoms with E-state index < -0.39 is 15.8 Å². The summed E-state index contributed by atoms with van der Waals surface area (Å²) in [4.78, 5) is 15.8. The van der Waals surface area contributed by atoms with Crippen molar-refractivity contribution < 1.29 is 18.3 Å². The van der Waals surface area contributed by atoms with Crippen LogP contribution >= 0.6 is 0 Å². The topological polar surface area (TPSA) is 102 Å². The van der Waals surface area contributed by atoms with E-state index in [1.54, 1.807) is 42.7 Å². The molecule has 1 aromatic carbocycles. The van der Waals surface area contributed by atoms with E-state index in [1.807, 2.05) is 0 Å². The number of rotatable bonds is 2. The third-order valence-corrected chi connectivity index (χ3v) is 5.58. The summed E-state index contributed by atoms with van der Waals surface area (Å²) in [6, 6.07) is 9.97. The van der Waals surface area contributed by atoms with Crippen LogP contribution < -0.4 is 0 Å². The fourth-order valence-corrected chi connectivity index (χ4v) is 4.50. The Bertz CT molecular complexity index is 1070. The highest BCUT2D eigenvalue weighted by Gasteiger charge is 2.35. The van der Waals surface area contributed by atoms with Crippen molar-refractivity contribution in [2.45, 2.75) is 10.6 Å². The first-order valence-electron chi connectivity index (χ1n) is 7.07.